The highest BCUT2D eigenvalue weighted by Gasteiger charge is 2.32. The van der Waals surface area contributed by atoms with Crippen LogP contribution in [0.5, 0.6) is 0 Å². The van der Waals surface area contributed by atoms with Crippen molar-refractivity contribution < 1.29 is 0 Å². The third-order valence-corrected chi connectivity index (χ3v) is 4.46. The minimum Gasteiger partial charge on any atom is -0.347 e. The van der Waals surface area contributed by atoms with Crippen LogP contribution in [0.2, 0.25) is 0 Å². The van der Waals surface area contributed by atoms with Crippen molar-refractivity contribution in [2.75, 3.05) is 7.05 Å². The molecule has 0 saturated carbocycles. The molecule has 0 spiro atoms. The Morgan fingerprint density at radius 2 is 1.95 bits per heavy atom. The monoisotopic (exact) mass is 258 g/mol. The Balaban J connectivity index is 1.91. The quantitative estimate of drug-likeness (QED) is 0.701. The molecule has 4 nitrogen and oxygen atoms in total. The smallest absolute Gasteiger partial charge is 0.132 e. The van der Waals surface area contributed by atoms with Gasteiger partial charge in [-0.05, 0) is 38.7 Å². The summed E-state index contributed by atoms with van der Waals surface area (Å²) in [6.45, 7) is 6.58. The summed E-state index contributed by atoms with van der Waals surface area (Å²) in [6.07, 6.45) is 3.35. The highest BCUT2D eigenvalue weighted by Crippen LogP contribution is 2.35. The second-order valence-corrected chi connectivity index (χ2v) is 5.92. The molecule has 0 fully saturated rings. The molecule has 0 amide bonds. The number of allylic oxidation sites excluding steroid dienone is 3. The SMILES string of the molecule is CN=C1NC2=C(CC1C)CC1CC(C)=C(C)NC1=N2. The van der Waals surface area contributed by atoms with Crippen molar-refractivity contribution in [3.63, 3.8) is 0 Å². The summed E-state index contributed by atoms with van der Waals surface area (Å²) in [5, 5.41) is 6.86. The van der Waals surface area contributed by atoms with Crippen molar-refractivity contribution in [3.05, 3.63) is 22.7 Å². The summed E-state index contributed by atoms with van der Waals surface area (Å²) in [5.74, 6) is 4.23. The number of fused-ring (bicyclic) bond motifs is 1. The lowest BCUT2D eigenvalue weighted by molar-refractivity contribution is 0.556. The molecule has 3 rings (SSSR count). The van der Waals surface area contributed by atoms with Gasteiger partial charge in [0.1, 0.15) is 17.5 Å². The van der Waals surface area contributed by atoms with E-state index in [1.165, 1.54) is 16.8 Å². The first-order valence-electron chi connectivity index (χ1n) is 7.06. The molecule has 2 atom stereocenters. The van der Waals surface area contributed by atoms with E-state index >= 15 is 0 Å². The van der Waals surface area contributed by atoms with Crippen LogP contribution in [0.15, 0.2) is 32.6 Å². The van der Waals surface area contributed by atoms with Crippen LogP contribution in [0.3, 0.4) is 0 Å². The molecule has 0 aliphatic carbocycles. The third-order valence-electron chi connectivity index (χ3n) is 4.46. The lowest BCUT2D eigenvalue weighted by Gasteiger charge is -2.35. The predicted octanol–water partition coefficient (Wildman–Crippen LogP) is 2.56. The Hall–Kier alpha value is -1.58. The summed E-state index contributed by atoms with van der Waals surface area (Å²) in [6, 6.07) is 0. The Morgan fingerprint density at radius 1 is 1.16 bits per heavy atom. The molecule has 19 heavy (non-hydrogen) atoms. The fraction of sp³-hybridized carbons (Fsp3) is 0.600. The van der Waals surface area contributed by atoms with E-state index in [1.807, 2.05) is 7.05 Å². The zero-order valence-corrected chi connectivity index (χ0v) is 12.2. The van der Waals surface area contributed by atoms with E-state index in [4.69, 9.17) is 4.99 Å². The number of hydrogen-bond acceptors (Lipinski definition) is 3. The van der Waals surface area contributed by atoms with E-state index in [1.54, 1.807) is 0 Å². The molecule has 2 N–H and O–H groups in total. The van der Waals surface area contributed by atoms with Crippen molar-refractivity contribution in [2.24, 2.45) is 21.8 Å². The molecule has 0 aromatic heterocycles. The number of aliphatic imine (C=N–C) groups is 2. The molecule has 2 unspecified atom stereocenters. The van der Waals surface area contributed by atoms with E-state index in [9.17, 15) is 0 Å². The molecule has 3 heterocycles. The molecule has 0 saturated heterocycles. The normalized spacial score (nSPS) is 32.4. The van der Waals surface area contributed by atoms with Gasteiger partial charge in [-0.25, -0.2) is 4.99 Å². The van der Waals surface area contributed by atoms with E-state index < -0.39 is 0 Å². The van der Waals surface area contributed by atoms with Gasteiger partial charge in [0.2, 0.25) is 0 Å². The molecule has 0 aromatic carbocycles. The average molecular weight is 258 g/mol. The van der Waals surface area contributed by atoms with Crippen molar-refractivity contribution in [2.45, 2.75) is 40.0 Å². The number of nitrogens with one attached hydrogen (secondary N) is 2. The molecular formula is C15H22N4. The standard InChI is InChI=1S/C15H22N4/c1-8-5-11-7-12-6-9(2)13(16-4)18-15(12)19-14(11)17-10(8)3/h9,11H,5-7H2,1-4H3,(H,16,18)(H,17,19). The number of amidine groups is 2. The number of hydrogen-bond donors (Lipinski definition) is 2. The van der Waals surface area contributed by atoms with Crippen LogP contribution in [0.1, 0.15) is 40.0 Å². The van der Waals surface area contributed by atoms with Gasteiger partial charge in [-0.3, -0.25) is 4.99 Å². The van der Waals surface area contributed by atoms with Crippen LogP contribution in [-0.2, 0) is 0 Å². The summed E-state index contributed by atoms with van der Waals surface area (Å²) in [7, 11) is 1.85. The Bertz CT molecular complexity index is 536. The lowest BCUT2D eigenvalue weighted by Crippen LogP contribution is -2.42. The minimum atomic E-state index is 0.482. The Labute approximate surface area is 114 Å². The van der Waals surface area contributed by atoms with Crippen molar-refractivity contribution in [1.82, 2.24) is 10.6 Å². The van der Waals surface area contributed by atoms with E-state index in [2.05, 4.69) is 36.4 Å². The van der Waals surface area contributed by atoms with Crippen LogP contribution < -0.4 is 10.6 Å². The Morgan fingerprint density at radius 3 is 2.68 bits per heavy atom. The van der Waals surface area contributed by atoms with Crippen molar-refractivity contribution in [3.8, 4) is 0 Å². The average Bonchev–Trinajstić information content (AvgIpc) is 2.38. The summed E-state index contributed by atoms with van der Waals surface area (Å²) >= 11 is 0. The topological polar surface area (TPSA) is 48.8 Å². The van der Waals surface area contributed by atoms with Gasteiger partial charge in [-0.15, -0.1) is 0 Å². The first-order chi connectivity index (χ1) is 9.08. The molecule has 3 aliphatic rings. The maximum Gasteiger partial charge on any atom is 0.132 e. The molecule has 0 bridgehead atoms. The summed E-state index contributed by atoms with van der Waals surface area (Å²) < 4.78 is 0. The van der Waals surface area contributed by atoms with Crippen LogP contribution in [0.25, 0.3) is 0 Å². The lowest BCUT2D eigenvalue weighted by atomic mass is 9.82. The highest BCUT2D eigenvalue weighted by atomic mass is 15.2. The first-order valence-corrected chi connectivity index (χ1v) is 7.06. The van der Waals surface area contributed by atoms with Gasteiger partial charge in [0.25, 0.3) is 0 Å². The minimum absolute atomic E-state index is 0.482. The fourth-order valence-electron chi connectivity index (χ4n) is 3.19. The molecule has 4 heteroatoms. The van der Waals surface area contributed by atoms with Gasteiger partial charge in [0.05, 0.1) is 0 Å². The van der Waals surface area contributed by atoms with Gasteiger partial charge in [0.15, 0.2) is 0 Å². The van der Waals surface area contributed by atoms with E-state index in [0.29, 0.717) is 11.8 Å². The van der Waals surface area contributed by atoms with Crippen molar-refractivity contribution >= 4 is 11.7 Å². The zero-order chi connectivity index (χ0) is 13.6. The third kappa shape index (κ3) is 2.09. The molecule has 0 aromatic rings. The van der Waals surface area contributed by atoms with Crippen LogP contribution >= 0.6 is 0 Å². The summed E-state index contributed by atoms with van der Waals surface area (Å²) in [5.41, 5.74) is 4.18. The number of rotatable bonds is 0. The largest absolute Gasteiger partial charge is 0.347 e. The zero-order valence-electron chi connectivity index (χ0n) is 12.2. The fourth-order valence-corrected chi connectivity index (χ4v) is 3.19. The molecule has 3 aliphatic heterocycles. The van der Waals surface area contributed by atoms with Crippen LogP contribution in [-0.4, -0.2) is 18.7 Å². The van der Waals surface area contributed by atoms with Crippen LogP contribution in [0.4, 0.5) is 0 Å². The highest BCUT2D eigenvalue weighted by molar-refractivity contribution is 5.92. The van der Waals surface area contributed by atoms with Gasteiger partial charge in [-0.2, -0.15) is 0 Å². The first kappa shape index (κ1) is 12.5. The second kappa shape index (κ2) is 4.51. The molecule has 102 valence electrons. The molecule has 0 radical (unpaired) electrons. The van der Waals surface area contributed by atoms with Gasteiger partial charge < -0.3 is 10.6 Å². The maximum atomic E-state index is 4.80. The van der Waals surface area contributed by atoms with Gasteiger partial charge in [0, 0.05) is 24.6 Å². The van der Waals surface area contributed by atoms with Gasteiger partial charge >= 0.3 is 0 Å². The van der Waals surface area contributed by atoms with E-state index in [-0.39, 0.29) is 0 Å². The second-order valence-electron chi connectivity index (χ2n) is 5.92. The maximum absolute atomic E-state index is 4.80. The number of nitrogens with zero attached hydrogens (tertiary/aromatic N) is 2. The van der Waals surface area contributed by atoms with Gasteiger partial charge in [-0.1, -0.05) is 12.5 Å². The van der Waals surface area contributed by atoms with Crippen molar-refractivity contribution in [1.29, 1.82) is 0 Å². The van der Waals surface area contributed by atoms with Crippen LogP contribution in [0, 0.1) is 11.8 Å². The Kier molecular flexibility index (Phi) is 2.96. The van der Waals surface area contributed by atoms with E-state index in [0.717, 1.165) is 36.8 Å². The predicted molar refractivity (Wildman–Crippen MR) is 79.0 cm³/mol. The summed E-state index contributed by atoms with van der Waals surface area (Å²) in [4.78, 5) is 9.13. The molecular weight excluding hydrogens is 236 g/mol.